The van der Waals surface area contributed by atoms with Gasteiger partial charge in [0.25, 0.3) is 5.91 Å². The topological polar surface area (TPSA) is 119 Å². The number of nitrogens with two attached hydrogens (primary N) is 1. The Balaban J connectivity index is 2.36. The lowest BCUT2D eigenvalue weighted by Crippen LogP contribution is -2.12. The number of hydrogen-bond donors (Lipinski definition) is 1. The summed E-state index contributed by atoms with van der Waals surface area (Å²) in [6.07, 6.45) is 1.19. The Morgan fingerprint density at radius 2 is 1.85 bits per heavy atom. The van der Waals surface area contributed by atoms with Gasteiger partial charge in [0.15, 0.2) is 0 Å². The first-order chi connectivity index (χ1) is 12.6. The Labute approximate surface area is 156 Å². The molecule has 0 aliphatic rings. The van der Waals surface area contributed by atoms with Crippen molar-refractivity contribution in [2.75, 3.05) is 0 Å². The van der Waals surface area contributed by atoms with E-state index in [-0.39, 0.29) is 22.4 Å². The maximum absolute atomic E-state index is 11.4. The molecular formula is C20H19N3O4. The number of ether oxygens (including phenoxy) is 1. The Morgan fingerprint density at radius 3 is 2.33 bits per heavy atom. The zero-order valence-corrected chi connectivity index (χ0v) is 15.2. The molecule has 2 rings (SSSR count). The number of hydrogen-bond acceptors (Lipinski definition) is 5. The highest BCUT2D eigenvalue weighted by atomic mass is 16.6. The van der Waals surface area contributed by atoms with E-state index in [1.165, 1.54) is 24.3 Å². The Hall–Kier alpha value is -3.66. The van der Waals surface area contributed by atoms with Gasteiger partial charge >= 0.3 is 5.69 Å². The van der Waals surface area contributed by atoms with Gasteiger partial charge in [0.2, 0.25) is 5.75 Å². The summed E-state index contributed by atoms with van der Waals surface area (Å²) in [6.45, 7) is 6.25. The minimum Gasteiger partial charge on any atom is -0.450 e. The molecule has 0 fully saturated rings. The average Bonchev–Trinajstić information content (AvgIpc) is 2.60. The van der Waals surface area contributed by atoms with E-state index >= 15 is 0 Å². The molecule has 0 aliphatic carbocycles. The summed E-state index contributed by atoms with van der Waals surface area (Å²) >= 11 is 0. The molecule has 7 heteroatoms. The summed E-state index contributed by atoms with van der Waals surface area (Å²) in [5.74, 6) is -0.387. The highest BCUT2D eigenvalue weighted by molar-refractivity contribution is 6.00. The van der Waals surface area contributed by atoms with Gasteiger partial charge in [-0.2, -0.15) is 5.26 Å². The molecule has 0 unspecified atom stereocenters. The van der Waals surface area contributed by atoms with Crippen LogP contribution in [0.15, 0.2) is 48.0 Å². The predicted molar refractivity (Wildman–Crippen MR) is 101 cm³/mol. The van der Waals surface area contributed by atoms with Crippen molar-refractivity contribution in [1.82, 2.24) is 0 Å². The fourth-order valence-electron chi connectivity index (χ4n) is 2.33. The van der Waals surface area contributed by atoms with Gasteiger partial charge < -0.3 is 10.5 Å². The van der Waals surface area contributed by atoms with Crippen molar-refractivity contribution in [1.29, 1.82) is 5.26 Å². The molecule has 2 aromatic carbocycles. The normalized spacial score (nSPS) is 11.6. The molecule has 2 N–H and O–H groups in total. The largest absolute Gasteiger partial charge is 0.450 e. The predicted octanol–water partition coefficient (Wildman–Crippen LogP) is 4.08. The smallest absolute Gasteiger partial charge is 0.312 e. The van der Waals surface area contributed by atoms with Crippen molar-refractivity contribution in [2.24, 2.45) is 5.73 Å². The summed E-state index contributed by atoms with van der Waals surface area (Å²) < 4.78 is 5.65. The molecule has 0 saturated heterocycles. The van der Waals surface area contributed by atoms with Crippen molar-refractivity contribution < 1.29 is 14.5 Å². The summed E-state index contributed by atoms with van der Waals surface area (Å²) in [7, 11) is 0. The molecule has 2 aromatic rings. The van der Waals surface area contributed by atoms with Gasteiger partial charge in [-0.3, -0.25) is 14.9 Å². The molecule has 0 atom stereocenters. The summed E-state index contributed by atoms with van der Waals surface area (Å²) in [5, 5.41) is 20.3. The number of carbonyl (C=O) groups excluding carboxylic acids is 1. The Morgan fingerprint density at radius 1 is 1.22 bits per heavy atom. The number of nitriles is 1. The molecular weight excluding hydrogens is 346 g/mol. The molecule has 138 valence electrons. The van der Waals surface area contributed by atoms with Gasteiger partial charge in [0.1, 0.15) is 17.4 Å². The van der Waals surface area contributed by atoms with Crippen molar-refractivity contribution in [3.63, 3.8) is 0 Å². The first-order valence-corrected chi connectivity index (χ1v) is 8.10. The second kappa shape index (κ2) is 7.70. The second-order valence-electron chi connectivity index (χ2n) is 6.89. The lowest BCUT2D eigenvalue weighted by Gasteiger charge is -2.19. The van der Waals surface area contributed by atoms with E-state index in [2.05, 4.69) is 20.8 Å². The molecule has 1 amide bonds. The van der Waals surface area contributed by atoms with Gasteiger partial charge in [0, 0.05) is 6.07 Å². The van der Waals surface area contributed by atoms with E-state index in [4.69, 9.17) is 15.7 Å². The standard InChI is InChI=1S/C20H19N3O4/c1-20(2,3)15-5-7-16(8-6-15)27-18-9-4-13(11-17(18)23(25)26)10-14(12-21)19(22)24/h4-11H,1-3H3,(H2,22,24)/b14-10+. The van der Waals surface area contributed by atoms with Crippen LogP contribution in [0.1, 0.15) is 31.9 Å². The van der Waals surface area contributed by atoms with Crippen LogP contribution in [-0.4, -0.2) is 10.8 Å². The number of nitrogens with zero attached hydrogens (tertiary/aromatic N) is 2. The van der Waals surface area contributed by atoms with E-state index in [9.17, 15) is 14.9 Å². The van der Waals surface area contributed by atoms with Crippen LogP contribution in [0.2, 0.25) is 0 Å². The number of primary amides is 1. The van der Waals surface area contributed by atoms with Gasteiger partial charge in [-0.15, -0.1) is 0 Å². The van der Waals surface area contributed by atoms with Crippen LogP contribution < -0.4 is 10.5 Å². The highest BCUT2D eigenvalue weighted by Crippen LogP contribution is 2.33. The molecule has 0 spiro atoms. The quantitative estimate of drug-likeness (QED) is 0.370. The number of nitro groups is 1. The molecule has 0 aromatic heterocycles. The molecule has 7 nitrogen and oxygen atoms in total. The van der Waals surface area contributed by atoms with E-state index in [1.807, 2.05) is 12.1 Å². The fraction of sp³-hybridized carbons (Fsp3) is 0.200. The Bertz CT molecular complexity index is 949. The first-order valence-electron chi connectivity index (χ1n) is 8.10. The number of nitro benzene ring substituents is 1. The van der Waals surface area contributed by atoms with Crippen molar-refractivity contribution in [3.05, 3.63) is 69.3 Å². The molecule has 0 bridgehead atoms. The van der Waals surface area contributed by atoms with Crippen LogP contribution in [0.5, 0.6) is 11.5 Å². The SMILES string of the molecule is CC(C)(C)c1ccc(Oc2ccc(/C=C(\C#N)C(N)=O)cc2[N+](=O)[O-])cc1. The van der Waals surface area contributed by atoms with Crippen LogP contribution in [-0.2, 0) is 10.2 Å². The van der Waals surface area contributed by atoms with Crippen LogP contribution in [0.3, 0.4) is 0 Å². The average molecular weight is 365 g/mol. The molecule has 27 heavy (non-hydrogen) atoms. The first kappa shape index (κ1) is 19.7. The zero-order valence-electron chi connectivity index (χ0n) is 15.2. The summed E-state index contributed by atoms with van der Waals surface area (Å²) in [6, 6.07) is 13.1. The van der Waals surface area contributed by atoms with Gasteiger partial charge in [-0.25, -0.2) is 0 Å². The number of carbonyl (C=O) groups is 1. The van der Waals surface area contributed by atoms with E-state index in [0.29, 0.717) is 11.3 Å². The number of rotatable bonds is 5. The van der Waals surface area contributed by atoms with Crippen LogP contribution in [0.4, 0.5) is 5.69 Å². The third-order valence-corrected chi connectivity index (χ3v) is 3.82. The molecule has 0 radical (unpaired) electrons. The maximum atomic E-state index is 11.4. The third-order valence-electron chi connectivity index (χ3n) is 3.82. The lowest BCUT2D eigenvalue weighted by molar-refractivity contribution is -0.385. The Kier molecular flexibility index (Phi) is 5.61. The second-order valence-corrected chi connectivity index (χ2v) is 6.89. The molecule has 0 heterocycles. The monoisotopic (exact) mass is 365 g/mol. The van der Waals surface area contributed by atoms with Gasteiger partial charge in [-0.05, 0) is 40.8 Å². The minimum absolute atomic E-state index is 0.0165. The summed E-state index contributed by atoms with van der Waals surface area (Å²) in [5.41, 5.74) is 5.89. The van der Waals surface area contributed by atoms with Gasteiger partial charge in [-0.1, -0.05) is 39.0 Å². The van der Waals surface area contributed by atoms with E-state index in [1.54, 1.807) is 18.2 Å². The van der Waals surface area contributed by atoms with Crippen molar-refractivity contribution in [3.8, 4) is 17.6 Å². The molecule has 0 saturated carbocycles. The van der Waals surface area contributed by atoms with Crippen molar-refractivity contribution in [2.45, 2.75) is 26.2 Å². The van der Waals surface area contributed by atoms with E-state index < -0.39 is 10.8 Å². The third kappa shape index (κ3) is 4.92. The van der Waals surface area contributed by atoms with Crippen LogP contribution in [0.25, 0.3) is 6.08 Å². The van der Waals surface area contributed by atoms with E-state index in [0.717, 1.165) is 5.56 Å². The van der Waals surface area contributed by atoms with Crippen LogP contribution in [0, 0.1) is 21.4 Å². The number of benzene rings is 2. The number of amides is 1. The highest BCUT2D eigenvalue weighted by Gasteiger charge is 2.18. The lowest BCUT2D eigenvalue weighted by atomic mass is 9.87. The fourth-order valence-corrected chi connectivity index (χ4v) is 2.33. The van der Waals surface area contributed by atoms with Crippen LogP contribution >= 0.6 is 0 Å². The maximum Gasteiger partial charge on any atom is 0.312 e. The molecule has 0 aliphatic heterocycles. The summed E-state index contributed by atoms with van der Waals surface area (Å²) in [4.78, 5) is 21.9. The van der Waals surface area contributed by atoms with Crippen molar-refractivity contribution >= 4 is 17.7 Å². The minimum atomic E-state index is -0.903. The zero-order chi connectivity index (χ0) is 20.2. The van der Waals surface area contributed by atoms with Gasteiger partial charge in [0.05, 0.1) is 4.92 Å².